The van der Waals surface area contributed by atoms with Gasteiger partial charge in [-0.25, -0.2) is 0 Å². The van der Waals surface area contributed by atoms with E-state index in [-0.39, 0.29) is 19.3 Å². The van der Waals surface area contributed by atoms with Gasteiger partial charge in [0.15, 0.2) is 0 Å². The topological polar surface area (TPSA) is 64.7 Å². The summed E-state index contributed by atoms with van der Waals surface area (Å²) in [7, 11) is 1.56. The van der Waals surface area contributed by atoms with E-state index in [2.05, 4.69) is 0 Å². The van der Waals surface area contributed by atoms with Crippen LogP contribution < -0.4 is 10.5 Å². The molecule has 2 unspecified atom stereocenters. The van der Waals surface area contributed by atoms with E-state index in [9.17, 15) is 5.11 Å². The summed E-state index contributed by atoms with van der Waals surface area (Å²) in [6.45, 7) is 0.536. The molecule has 1 aliphatic carbocycles. The summed E-state index contributed by atoms with van der Waals surface area (Å²) in [5.74, 6) is 0.790. The fourth-order valence-corrected chi connectivity index (χ4v) is 2.35. The number of ether oxygens (including phenoxy) is 2. The Hall–Kier alpha value is -1.10. The molecule has 0 fully saturated rings. The monoisotopic (exact) mass is 251 g/mol. The molecule has 100 valence electrons. The summed E-state index contributed by atoms with van der Waals surface area (Å²) in [6, 6.07) is 6.15. The molecule has 3 N–H and O–H groups in total. The third-order valence-electron chi connectivity index (χ3n) is 3.28. The van der Waals surface area contributed by atoms with Crippen molar-refractivity contribution in [3.05, 3.63) is 29.3 Å². The van der Waals surface area contributed by atoms with Crippen LogP contribution in [0.4, 0.5) is 0 Å². The molecule has 0 saturated carbocycles. The largest absolute Gasteiger partial charge is 0.491 e. The molecule has 0 amide bonds. The number of hydrogen-bond donors (Lipinski definition) is 2. The third-order valence-corrected chi connectivity index (χ3v) is 3.28. The molecule has 2 atom stereocenters. The Morgan fingerprint density at radius 3 is 3.06 bits per heavy atom. The summed E-state index contributed by atoms with van der Waals surface area (Å²) < 4.78 is 10.4. The fourth-order valence-electron chi connectivity index (χ4n) is 2.35. The van der Waals surface area contributed by atoms with E-state index in [1.807, 2.05) is 18.2 Å². The van der Waals surface area contributed by atoms with Crippen LogP contribution in [0.2, 0.25) is 0 Å². The van der Waals surface area contributed by atoms with Crippen molar-refractivity contribution in [2.75, 3.05) is 20.3 Å². The van der Waals surface area contributed by atoms with Crippen LogP contribution in [-0.4, -0.2) is 31.5 Å². The first kappa shape index (κ1) is 13.3. The molecular formula is C14H21NO3. The van der Waals surface area contributed by atoms with Crippen LogP contribution in [-0.2, 0) is 11.2 Å². The summed E-state index contributed by atoms with van der Waals surface area (Å²) in [6.07, 6.45) is 2.65. The molecule has 4 nitrogen and oxygen atoms in total. The Balaban J connectivity index is 1.98. The molecule has 0 heterocycles. The maximum absolute atomic E-state index is 9.52. The van der Waals surface area contributed by atoms with Crippen molar-refractivity contribution in [2.24, 2.45) is 5.73 Å². The molecule has 0 radical (unpaired) electrons. The van der Waals surface area contributed by atoms with Crippen molar-refractivity contribution in [1.29, 1.82) is 0 Å². The van der Waals surface area contributed by atoms with Crippen molar-refractivity contribution in [3.63, 3.8) is 0 Å². The smallest absolute Gasteiger partial charge is 0.119 e. The minimum Gasteiger partial charge on any atom is -0.491 e. The van der Waals surface area contributed by atoms with Crippen LogP contribution >= 0.6 is 0 Å². The van der Waals surface area contributed by atoms with E-state index < -0.39 is 6.10 Å². The summed E-state index contributed by atoms with van der Waals surface area (Å²) in [5.41, 5.74) is 8.56. The lowest BCUT2D eigenvalue weighted by molar-refractivity contribution is 0.0325. The Kier molecular flexibility index (Phi) is 4.58. The Morgan fingerprint density at radius 1 is 1.44 bits per heavy atom. The predicted molar refractivity (Wildman–Crippen MR) is 69.7 cm³/mol. The van der Waals surface area contributed by atoms with E-state index in [4.69, 9.17) is 15.2 Å². The summed E-state index contributed by atoms with van der Waals surface area (Å²) in [5, 5.41) is 9.52. The van der Waals surface area contributed by atoms with E-state index in [0.717, 1.165) is 25.0 Å². The predicted octanol–water partition coefficient (Wildman–Crippen LogP) is 1.41. The first-order chi connectivity index (χ1) is 8.70. The van der Waals surface area contributed by atoms with Crippen molar-refractivity contribution < 1.29 is 14.6 Å². The SMILES string of the molecule is COCC(O)COc1ccc2c(c1)CCCC2N. The number of aliphatic hydroxyl groups excluding tert-OH is 1. The highest BCUT2D eigenvalue weighted by atomic mass is 16.5. The van der Waals surface area contributed by atoms with Gasteiger partial charge in [-0.1, -0.05) is 6.07 Å². The normalized spacial score (nSPS) is 20.3. The third kappa shape index (κ3) is 3.22. The molecule has 0 aromatic heterocycles. The molecule has 0 saturated heterocycles. The van der Waals surface area contributed by atoms with Gasteiger partial charge in [-0.15, -0.1) is 0 Å². The second kappa shape index (κ2) is 6.18. The molecule has 0 spiro atoms. The second-order valence-corrected chi connectivity index (χ2v) is 4.78. The average molecular weight is 251 g/mol. The molecule has 1 aromatic rings. The van der Waals surface area contributed by atoms with Crippen LogP contribution in [0.25, 0.3) is 0 Å². The number of fused-ring (bicyclic) bond motifs is 1. The number of methoxy groups -OCH3 is 1. The standard InChI is InChI=1S/C14H21NO3/c1-17-8-11(16)9-18-12-5-6-13-10(7-12)3-2-4-14(13)15/h5-7,11,14,16H,2-4,8-9,15H2,1H3. The van der Waals surface area contributed by atoms with Gasteiger partial charge in [0.2, 0.25) is 0 Å². The van der Waals surface area contributed by atoms with Crippen LogP contribution in [0.3, 0.4) is 0 Å². The molecule has 0 bridgehead atoms. The molecule has 1 aliphatic rings. The van der Waals surface area contributed by atoms with Gasteiger partial charge in [0.25, 0.3) is 0 Å². The number of benzene rings is 1. The number of aliphatic hydroxyl groups is 1. The lowest BCUT2D eigenvalue weighted by Crippen LogP contribution is -2.23. The van der Waals surface area contributed by atoms with Gasteiger partial charge in [0.05, 0.1) is 6.61 Å². The quantitative estimate of drug-likeness (QED) is 0.830. The number of hydrogen-bond acceptors (Lipinski definition) is 4. The highest BCUT2D eigenvalue weighted by Crippen LogP contribution is 2.30. The van der Waals surface area contributed by atoms with E-state index >= 15 is 0 Å². The first-order valence-electron chi connectivity index (χ1n) is 6.39. The lowest BCUT2D eigenvalue weighted by Gasteiger charge is -2.23. The number of rotatable bonds is 5. The zero-order valence-electron chi connectivity index (χ0n) is 10.8. The zero-order valence-corrected chi connectivity index (χ0v) is 10.8. The maximum Gasteiger partial charge on any atom is 0.119 e. The molecular weight excluding hydrogens is 230 g/mol. The van der Waals surface area contributed by atoms with Gasteiger partial charge in [-0.3, -0.25) is 0 Å². The highest BCUT2D eigenvalue weighted by molar-refractivity contribution is 5.38. The first-order valence-corrected chi connectivity index (χ1v) is 6.39. The van der Waals surface area contributed by atoms with Gasteiger partial charge in [-0.05, 0) is 42.5 Å². The Bertz CT molecular complexity index is 395. The number of aryl methyl sites for hydroxylation is 1. The van der Waals surface area contributed by atoms with E-state index in [1.165, 1.54) is 11.1 Å². The van der Waals surface area contributed by atoms with Gasteiger partial charge >= 0.3 is 0 Å². The summed E-state index contributed by atoms with van der Waals surface area (Å²) in [4.78, 5) is 0. The van der Waals surface area contributed by atoms with E-state index in [1.54, 1.807) is 7.11 Å². The van der Waals surface area contributed by atoms with Crippen molar-refractivity contribution in [2.45, 2.75) is 31.4 Å². The minimum atomic E-state index is -0.590. The van der Waals surface area contributed by atoms with Gasteiger partial charge in [0, 0.05) is 13.2 Å². The lowest BCUT2D eigenvalue weighted by atomic mass is 9.88. The van der Waals surface area contributed by atoms with Crippen LogP contribution in [0.1, 0.15) is 30.0 Å². The molecule has 1 aromatic carbocycles. The Labute approximate surface area is 108 Å². The Morgan fingerprint density at radius 2 is 2.28 bits per heavy atom. The summed E-state index contributed by atoms with van der Waals surface area (Å²) >= 11 is 0. The van der Waals surface area contributed by atoms with Crippen LogP contribution in [0.5, 0.6) is 5.75 Å². The van der Waals surface area contributed by atoms with Gasteiger partial charge in [0.1, 0.15) is 18.5 Å². The second-order valence-electron chi connectivity index (χ2n) is 4.78. The molecule has 18 heavy (non-hydrogen) atoms. The van der Waals surface area contributed by atoms with Crippen molar-refractivity contribution in [3.8, 4) is 5.75 Å². The van der Waals surface area contributed by atoms with Crippen LogP contribution in [0.15, 0.2) is 18.2 Å². The van der Waals surface area contributed by atoms with Crippen LogP contribution in [0, 0.1) is 0 Å². The van der Waals surface area contributed by atoms with Crippen molar-refractivity contribution >= 4 is 0 Å². The van der Waals surface area contributed by atoms with Gasteiger partial charge < -0.3 is 20.3 Å². The zero-order chi connectivity index (χ0) is 13.0. The maximum atomic E-state index is 9.52. The molecule has 2 rings (SSSR count). The van der Waals surface area contributed by atoms with E-state index in [0.29, 0.717) is 0 Å². The number of nitrogens with two attached hydrogens (primary N) is 1. The molecule has 4 heteroatoms. The average Bonchev–Trinajstić information content (AvgIpc) is 2.37. The highest BCUT2D eigenvalue weighted by Gasteiger charge is 2.17. The fraction of sp³-hybridized carbons (Fsp3) is 0.571. The van der Waals surface area contributed by atoms with Gasteiger partial charge in [-0.2, -0.15) is 0 Å². The molecule has 0 aliphatic heterocycles. The minimum absolute atomic E-state index is 0.155. The van der Waals surface area contributed by atoms with Crippen molar-refractivity contribution in [1.82, 2.24) is 0 Å².